The van der Waals surface area contributed by atoms with E-state index in [1.54, 1.807) is 18.3 Å². The van der Waals surface area contributed by atoms with Gasteiger partial charge in [0.1, 0.15) is 24.6 Å². The number of nitriles is 1. The third-order valence-electron chi connectivity index (χ3n) is 5.49. The van der Waals surface area contributed by atoms with Crippen LogP contribution in [0.25, 0.3) is 11.3 Å². The van der Waals surface area contributed by atoms with E-state index in [-0.39, 0.29) is 42.6 Å². The van der Waals surface area contributed by atoms with E-state index >= 15 is 0 Å². The van der Waals surface area contributed by atoms with E-state index in [4.69, 9.17) is 9.84 Å². The molecule has 0 radical (unpaired) electrons. The minimum Gasteiger partial charge on any atom is -0.484 e. The number of nitrogens with zero attached hydrogens (tertiary/aromatic N) is 4. The van der Waals surface area contributed by atoms with E-state index in [0.29, 0.717) is 17.1 Å². The summed E-state index contributed by atoms with van der Waals surface area (Å²) in [5.74, 6) is 0.0243. The van der Waals surface area contributed by atoms with Crippen LogP contribution in [0.4, 0.5) is 10.2 Å². The van der Waals surface area contributed by atoms with Crippen LogP contribution in [0.1, 0.15) is 24.8 Å². The number of anilines is 1. The Morgan fingerprint density at radius 3 is 2.81 bits per heavy atom. The van der Waals surface area contributed by atoms with Gasteiger partial charge in [0, 0.05) is 30.6 Å². The zero-order valence-corrected chi connectivity index (χ0v) is 17.2. The van der Waals surface area contributed by atoms with Crippen molar-refractivity contribution in [2.24, 2.45) is 5.92 Å². The zero-order chi connectivity index (χ0) is 22.7. The third kappa shape index (κ3) is 4.84. The van der Waals surface area contributed by atoms with E-state index in [1.807, 2.05) is 6.07 Å². The molecule has 10 heteroatoms. The van der Waals surface area contributed by atoms with Crippen molar-refractivity contribution in [2.45, 2.75) is 31.5 Å². The summed E-state index contributed by atoms with van der Waals surface area (Å²) in [6.45, 7) is -0.586. The zero-order valence-electron chi connectivity index (χ0n) is 17.2. The number of nitrogens with one attached hydrogen (secondary N) is 1. The van der Waals surface area contributed by atoms with Crippen LogP contribution >= 0.6 is 0 Å². The first-order chi connectivity index (χ1) is 15.5. The molecular weight excluding hydrogens is 417 g/mol. The monoisotopic (exact) mass is 439 g/mol. The largest absolute Gasteiger partial charge is 0.484 e. The Hall–Kier alpha value is -3.58. The number of aliphatic hydroxyl groups excluding tert-OH is 1. The number of carbonyl (C=O) groups is 2. The van der Waals surface area contributed by atoms with Gasteiger partial charge in [-0.15, -0.1) is 0 Å². The van der Waals surface area contributed by atoms with E-state index < -0.39 is 24.8 Å². The molecule has 0 bridgehead atoms. The number of likely N-dealkylation sites (tertiary alicyclic amines) is 1. The predicted molar refractivity (Wildman–Crippen MR) is 111 cm³/mol. The fourth-order valence-electron chi connectivity index (χ4n) is 3.52. The number of amides is 2. The first-order valence-electron chi connectivity index (χ1n) is 10.3. The fraction of sp³-hybridized carbons (Fsp3) is 0.409. The average Bonchev–Trinajstić information content (AvgIpc) is 3.66. The van der Waals surface area contributed by atoms with E-state index in [9.17, 15) is 19.2 Å². The van der Waals surface area contributed by atoms with Crippen molar-refractivity contribution < 1.29 is 23.8 Å². The van der Waals surface area contributed by atoms with Gasteiger partial charge in [0.25, 0.3) is 0 Å². The number of hydrogen-bond donors (Lipinski definition) is 2. The Labute approximate surface area is 183 Å². The number of aromatic nitrogens is 2. The second-order valence-corrected chi connectivity index (χ2v) is 7.83. The van der Waals surface area contributed by atoms with Crippen molar-refractivity contribution in [1.82, 2.24) is 14.9 Å². The maximum absolute atomic E-state index is 14.5. The lowest BCUT2D eigenvalue weighted by molar-refractivity contribution is -0.138. The van der Waals surface area contributed by atoms with Crippen LogP contribution in [0.3, 0.4) is 0 Å². The Morgan fingerprint density at radius 2 is 2.12 bits per heavy atom. The molecule has 2 amide bonds. The molecule has 0 aromatic carbocycles. The number of halogens is 1. The molecule has 1 saturated carbocycles. The van der Waals surface area contributed by atoms with Gasteiger partial charge in [-0.3, -0.25) is 14.6 Å². The van der Waals surface area contributed by atoms with Crippen LogP contribution in [-0.2, 0) is 9.59 Å². The van der Waals surface area contributed by atoms with E-state index in [1.165, 1.54) is 17.2 Å². The van der Waals surface area contributed by atoms with Crippen molar-refractivity contribution in [3.05, 3.63) is 36.2 Å². The molecule has 0 spiro atoms. The lowest BCUT2D eigenvalue weighted by Crippen LogP contribution is -2.50. The fourth-order valence-corrected chi connectivity index (χ4v) is 3.52. The van der Waals surface area contributed by atoms with Crippen LogP contribution in [0, 0.1) is 17.2 Å². The van der Waals surface area contributed by atoms with Crippen LogP contribution in [0.2, 0.25) is 0 Å². The van der Waals surface area contributed by atoms with Crippen molar-refractivity contribution in [3.8, 4) is 23.1 Å². The summed E-state index contributed by atoms with van der Waals surface area (Å²) in [7, 11) is 0. The lowest BCUT2D eigenvalue weighted by Gasteiger charge is -2.34. The number of pyridine rings is 2. The van der Waals surface area contributed by atoms with Crippen LogP contribution < -0.4 is 10.1 Å². The quantitative estimate of drug-likeness (QED) is 0.701. The molecule has 2 aromatic rings. The summed E-state index contributed by atoms with van der Waals surface area (Å²) in [5.41, 5.74) is 1.34. The Balaban J connectivity index is 1.47. The molecule has 2 fully saturated rings. The first kappa shape index (κ1) is 21.6. The number of hydrogen-bond acceptors (Lipinski definition) is 7. The van der Waals surface area contributed by atoms with Gasteiger partial charge < -0.3 is 20.1 Å². The van der Waals surface area contributed by atoms with Crippen molar-refractivity contribution in [3.63, 3.8) is 0 Å². The molecule has 2 atom stereocenters. The smallest absolute Gasteiger partial charge is 0.248 e. The predicted octanol–water partition coefficient (Wildman–Crippen LogP) is 1.67. The molecule has 9 nitrogen and oxygen atoms in total. The van der Waals surface area contributed by atoms with E-state index in [0.717, 1.165) is 12.8 Å². The van der Waals surface area contributed by atoms with Gasteiger partial charge in [-0.25, -0.2) is 9.37 Å². The van der Waals surface area contributed by atoms with Gasteiger partial charge in [0.15, 0.2) is 11.9 Å². The highest BCUT2D eigenvalue weighted by atomic mass is 19.1. The normalized spacial score (nSPS) is 20.3. The standard InChI is InChI=1S/C22H22FN5O4/c23-16-11-28(21(30)12-29)6-4-18(16)32-19-10-26-17(7-15(19)9-24)14-3-5-25-20(8-14)27-22(31)13-1-2-13/h3,5,7-8,10,13,16,18,29H,1-2,4,6,11-12H2,(H,25,27,31)/t16-,18+/m1/s1. The highest BCUT2D eigenvalue weighted by Gasteiger charge is 2.33. The summed E-state index contributed by atoms with van der Waals surface area (Å²) < 4.78 is 20.2. The van der Waals surface area contributed by atoms with Crippen molar-refractivity contribution in [2.75, 3.05) is 25.0 Å². The third-order valence-corrected chi connectivity index (χ3v) is 5.49. The molecule has 3 heterocycles. The van der Waals surface area contributed by atoms with Crippen LogP contribution in [-0.4, -0.2) is 63.8 Å². The summed E-state index contributed by atoms with van der Waals surface area (Å²) >= 11 is 0. The first-order valence-corrected chi connectivity index (χ1v) is 10.3. The van der Waals surface area contributed by atoms with Gasteiger partial charge in [0.05, 0.1) is 24.0 Å². The summed E-state index contributed by atoms with van der Waals surface area (Å²) in [4.78, 5) is 33.3. The molecule has 0 unspecified atom stereocenters. The maximum Gasteiger partial charge on any atom is 0.248 e. The van der Waals surface area contributed by atoms with Gasteiger partial charge in [-0.1, -0.05) is 0 Å². The summed E-state index contributed by atoms with van der Waals surface area (Å²) in [5, 5.41) is 21.3. The topological polar surface area (TPSA) is 128 Å². The van der Waals surface area contributed by atoms with Gasteiger partial charge in [-0.2, -0.15) is 5.26 Å². The molecule has 2 N–H and O–H groups in total. The highest BCUT2D eigenvalue weighted by Crippen LogP contribution is 2.31. The van der Waals surface area contributed by atoms with Crippen LogP contribution in [0.15, 0.2) is 30.6 Å². The van der Waals surface area contributed by atoms with Gasteiger partial charge in [0.2, 0.25) is 11.8 Å². The minimum absolute atomic E-state index is 0.0492. The minimum atomic E-state index is -1.46. The SMILES string of the molecule is N#Cc1cc(-c2ccnc(NC(=O)C3CC3)c2)ncc1O[C@H]1CCN(C(=O)CO)C[C@H]1F. The van der Waals surface area contributed by atoms with Crippen molar-refractivity contribution in [1.29, 1.82) is 5.26 Å². The second kappa shape index (κ2) is 9.28. The van der Waals surface area contributed by atoms with Crippen molar-refractivity contribution >= 4 is 17.6 Å². The molecular formula is C22H22FN5O4. The number of rotatable bonds is 6. The van der Waals surface area contributed by atoms with E-state index in [2.05, 4.69) is 15.3 Å². The summed E-state index contributed by atoms with van der Waals surface area (Å²) in [6, 6.07) is 6.97. The molecule has 2 aromatic heterocycles. The number of carbonyl (C=O) groups excluding carboxylic acids is 2. The van der Waals surface area contributed by atoms with Gasteiger partial charge >= 0.3 is 0 Å². The number of aliphatic hydroxyl groups is 1. The average molecular weight is 439 g/mol. The molecule has 32 heavy (non-hydrogen) atoms. The maximum atomic E-state index is 14.5. The molecule has 4 rings (SSSR count). The number of alkyl halides is 1. The second-order valence-electron chi connectivity index (χ2n) is 7.83. The lowest BCUT2D eigenvalue weighted by atomic mass is 10.1. The highest BCUT2D eigenvalue weighted by molar-refractivity contribution is 5.93. The number of ether oxygens (including phenoxy) is 1. The van der Waals surface area contributed by atoms with Gasteiger partial charge in [-0.05, 0) is 31.0 Å². The Morgan fingerprint density at radius 1 is 1.31 bits per heavy atom. The molecule has 1 aliphatic carbocycles. The Bertz CT molecular complexity index is 1070. The van der Waals surface area contributed by atoms with Crippen LogP contribution in [0.5, 0.6) is 5.75 Å². The molecule has 1 aliphatic heterocycles. The molecule has 1 saturated heterocycles. The number of piperidine rings is 1. The molecule has 2 aliphatic rings. The summed E-state index contributed by atoms with van der Waals surface area (Å²) in [6.07, 6.45) is 2.63. The Kier molecular flexibility index (Phi) is 6.28. The molecule has 166 valence electrons.